The summed E-state index contributed by atoms with van der Waals surface area (Å²) < 4.78 is 2.04. The average Bonchev–Trinajstić information content (AvgIpc) is 3.43. The zero-order chi connectivity index (χ0) is 25.7. The molecular weight excluding hydrogens is 509 g/mol. The highest BCUT2D eigenvalue weighted by molar-refractivity contribution is 6.33. The minimum absolute atomic E-state index is 0.123. The number of fused-ring (bicyclic) bond motifs is 1. The Balaban J connectivity index is 1.44. The largest absolute Gasteiger partial charge is 0.353 e. The molecule has 4 aromatic rings. The third-order valence-corrected chi connectivity index (χ3v) is 8.13. The number of hydrogen-bond donors (Lipinski definition) is 1. The van der Waals surface area contributed by atoms with Crippen LogP contribution in [0.4, 0.5) is 5.82 Å². The molecule has 0 radical (unpaired) electrons. The molecule has 2 aromatic carbocycles. The molecule has 1 spiro atoms. The number of amides is 1. The van der Waals surface area contributed by atoms with Crippen molar-refractivity contribution in [2.24, 2.45) is 0 Å². The van der Waals surface area contributed by atoms with Crippen LogP contribution in [-0.2, 0) is 4.79 Å². The highest BCUT2D eigenvalue weighted by Crippen LogP contribution is 2.38. The second kappa shape index (κ2) is 9.28. The van der Waals surface area contributed by atoms with Crippen LogP contribution in [0, 0.1) is 0 Å². The second-order valence-corrected chi connectivity index (χ2v) is 10.7. The summed E-state index contributed by atoms with van der Waals surface area (Å²) in [5.74, 6) is 1.54. The van der Waals surface area contributed by atoms with Crippen LogP contribution in [0.5, 0.6) is 0 Å². The molecule has 8 nitrogen and oxygen atoms in total. The van der Waals surface area contributed by atoms with Gasteiger partial charge in [0, 0.05) is 35.4 Å². The molecule has 4 heterocycles. The first-order valence-corrected chi connectivity index (χ1v) is 13.2. The summed E-state index contributed by atoms with van der Waals surface area (Å²) in [7, 11) is 0. The van der Waals surface area contributed by atoms with Gasteiger partial charge in [0.05, 0.1) is 23.4 Å². The SMILES string of the molecule is CC(C)N1CNC(=O)C12CCN(c1nncc3c1nc(-c1ccccc1Cl)n3-c1ccc(Cl)cc1)CC2. The predicted octanol–water partition coefficient (Wildman–Crippen LogP) is 4.93. The van der Waals surface area contributed by atoms with E-state index in [0.29, 0.717) is 54.3 Å². The number of halogens is 2. The molecule has 2 aromatic heterocycles. The quantitative estimate of drug-likeness (QED) is 0.399. The lowest BCUT2D eigenvalue weighted by Crippen LogP contribution is -2.58. The van der Waals surface area contributed by atoms with Crippen molar-refractivity contribution in [3.63, 3.8) is 0 Å². The van der Waals surface area contributed by atoms with Crippen LogP contribution < -0.4 is 10.2 Å². The fraction of sp³-hybridized carbons (Fsp3) is 0.333. The van der Waals surface area contributed by atoms with Crippen molar-refractivity contribution in [3.05, 3.63) is 64.8 Å². The van der Waals surface area contributed by atoms with Crippen LogP contribution >= 0.6 is 23.2 Å². The first-order valence-electron chi connectivity index (χ1n) is 12.4. The summed E-state index contributed by atoms with van der Waals surface area (Å²) in [6.45, 7) is 6.23. The summed E-state index contributed by atoms with van der Waals surface area (Å²) >= 11 is 12.8. The van der Waals surface area contributed by atoms with Crippen LogP contribution in [-0.4, -0.2) is 61.9 Å². The van der Waals surface area contributed by atoms with Crippen molar-refractivity contribution < 1.29 is 4.79 Å². The van der Waals surface area contributed by atoms with E-state index in [1.54, 1.807) is 6.20 Å². The Labute approximate surface area is 225 Å². The molecule has 6 rings (SSSR count). The van der Waals surface area contributed by atoms with Gasteiger partial charge >= 0.3 is 0 Å². The van der Waals surface area contributed by atoms with E-state index in [1.165, 1.54) is 0 Å². The lowest BCUT2D eigenvalue weighted by atomic mass is 9.85. The molecule has 2 aliphatic rings. The molecule has 0 atom stereocenters. The molecule has 37 heavy (non-hydrogen) atoms. The summed E-state index contributed by atoms with van der Waals surface area (Å²) in [6, 6.07) is 15.6. The molecule has 0 bridgehead atoms. The Bertz CT molecular complexity index is 1480. The number of aromatic nitrogens is 4. The van der Waals surface area contributed by atoms with Gasteiger partial charge in [-0.3, -0.25) is 14.3 Å². The van der Waals surface area contributed by atoms with Gasteiger partial charge in [0.1, 0.15) is 16.9 Å². The van der Waals surface area contributed by atoms with Crippen LogP contribution in [0.25, 0.3) is 28.1 Å². The van der Waals surface area contributed by atoms with Crippen molar-refractivity contribution in [1.29, 1.82) is 0 Å². The number of benzene rings is 2. The van der Waals surface area contributed by atoms with E-state index in [-0.39, 0.29) is 11.9 Å². The van der Waals surface area contributed by atoms with E-state index in [1.807, 2.05) is 53.1 Å². The zero-order valence-electron chi connectivity index (χ0n) is 20.7. The Morgan fingerprint density at radius 3 is 2.46 bits per heavy atom. The topological polar surface area (TPSA) is 79.2 Å². The fourth-order valence-electron chi connectivity index (χ4n) is 5.67. The number of rotatable bonds is 4. The monoisotopic (exact) mass is 535 g/mol. The first kappa shape index (κ1) is 24.2. The predicted molar refractivity (Wildman–Crippen MR) is 146 cm³/mol. The van der Waals surface area contributed by atoms with Gasteiger partial charge in [0.15, 0.2) is 5.82 Å². The molecule has 1 amide bonds. The van der Waals surface area contributed by atoms with Gasteiger partial charge in [-0.2, -0.15) is 5.10 Å². The minimum Gasteiger partial charge on any atom is -0.353 e. The minimum atomic E-state index is -0.475. The van der Waals surface area contributed by atoms with Gasteiger partial charge < -0.3 is 10.2 Å². The summed E-state index contributed by atoms with van der Waals surface area (Å²) in [4.78, 5) is 22.5. The molecule has 1 N–H and O–H groups in total. The highest BCUT2D eigenvalue weighted by atomic mass is 35.5. The smallest absolute Gasteiger partial charge is 0.241 e. The van der Waals surface area contributed by atoms with Gasteiger partial charge in [-0.05, 0) is 63.1 Å². The van der Waals surface area contributed by atoms with Crippen LogP contribution in [0.1, 0.15) is 26.7 Å². The Hall–Kier alpha value is -3.20. The Morgan fingerprint density at radius 1 is 1.03 bits per heavy atom. The molecular formula is C27H27Cl2N7O. The number of imidazole rings is 1. The zero-order valence-corrected chi connectivity index (χ0v) is 22.2. The third kappa shape index (κ3) is 3.95. The summed E-state index contributed by atoms with van der Waals surface area (Å²) in [6.07, 6.45) is 3.16. The Morgan fingerprint density at radius 2 is 1.76 bits per heavy atom. The van der Waals surface area contributed by atoms with Crippen LogP contribution in [0.2, 0.25) is 10.0 Å². The van der Waals surface area contributed by atoms with Gasteiger partial charge in [-0.1, -0.05) is 35.3 Å². The van der Waals surface area contributed by atoms with E-state index in [4.69, 9.17) is 28.2 Å². The first-order chi connectivity index (χ1) is 17.9. The van der Waals surface area contributed by atoms with Gasteiger partial charge in [-0.15, -0.1) is 5.10 Å². The van der Waals surface area contributed by atoms with Crippen molar-refractivity contribution in [2.45, 2.75) is 38.3 Å². The van der Waals surface area contributed by atoms with Gasteiger partial charge in [-0.25, -0.2) is 4.98 Å². The van der Waals surface area contributed by atoms with Crippen molar-refractivity contribution in [2.75, 3.05) is 24.7 Å². The van der Waals surface area contributed by atoms with Crippen molar-refractivity contribution >= 4 is 46.0 Å². The van der Waals surface area contributed by atoms with Crippen molar-refractivity contribution in [1.82, 2.24) is 30.0 Å². The van der Waals surface area contributed by atoms with E-state index < -0.39 is 5.54 Å². The maximum absolute atomic E-state index is 12.9. The third-order valence-electron chi connectivity index (χ3n) is 7.55. The van der Waals surface area contributed by atoms with Crippen molar-refractivity contribution in [3.8, 4) is 17.1 Å². The van der Waals surface area contributed by atoms with E-state index in [9.17, 15) is 4.79 Å². The number of nitrogens with zero attached hydrogens (tertiary/aromatic N) is 6. The molecule has 2 fully saturated rings. The Kier molecular flexibility index (Phi) is 6.06. The number of piperidine rings is 1. The van der Waals surface area contributed by atoms with Crippen LogP contribution in [0.15, 0.2) is 54.7 Å². The molecule has 0 aliphatic carbocycles. The number of nitrogens with one attached hydrogen (secondary N) is 1. The molecule has 0 unspecified atom stereocenters. The number of carbonyl (C=O) groups is 1. The summed E-state index contributed by atoms with van der Waals surface area (Å²) in [5.41, 5.74) is 2.80. The number of hydrogen-bond acceptors (Lipinski definition) is 6. The van der Waals surface area contributed by atoms with Gasteiger partial charge in [0.2, 0.25) is 5.91 Å². The average molecular weight is 536 g/mol. The standard InChI is InChI=1S/C27H27Cl2N7O/c1-17(2)35-16-30-26(37)27(35)11-13-34(14-12-27)25-23-22(15-31-33-25)36(19-9-7-18(28)8-10-19)24(32-23)20-5-3-4-6-21(20)29/h3-10,15,17H,11-14,16H2,1-2H3,(H,30,37). The molecule has 2 saturated heterocycles. The lowest BCUT2D eigenvalue weighted by molar-refractivity contribution is -0.128. The second-order valence-electron chi connectivity index (χ2n) is 9.88. The normalized spacial score (nSPS) is 17.8. The molecule has 10 heteroatoms. The lowest BCUT2D eigenvalue weighted by Gasteiger charge is -2.44. The maximum Gasteiger partial charge on any atom is 0.241 e. The van der Waals surface area contributed by atoms with E-state index >= 15 is 0 Å². The van der Waals surface area contributed by atoms with Gasteiger partial charge in [0.25, 0.3) is 0 Å². The summed E-state index contributed by atoms with van der Waals surface area (Å²) in [5, 5.41) is 13.2. The molecule has 0 saturated carbocycles. The van der Waals surface area contributed by atoms with E-state index in [0.717, 1.165) is 22.3 Å². The van der Waals surface area contributed by atoms with E-state index in [2.05, 4.69) is 39.2 Å². The fourth-order valence-corrected chi connectivity index (χ4v) is 6.02. The van der Waals surface area contributed by atoms with Crippen LogP contribution in [0.3, 0.4) is 0 Å². The number of carbonyl (C=O) groups excluding carboxylic acids is 1. The molecule has 2 aliphatic heterocycles. The molecule has 190 valence electrons. The highest BCUT2D eigenvalue weighted by Gasteiger charge is 2.51. The maximum atomic E-state index is 12.9. The number of anilines is 1.